The fraction of sp³-hybridized carbons (Fsp3) is 0.682. The minimum atomic E-state index is -0.0907. The molecule has 1 N–H and O–H groups in total. The van der Waals surface area contributed by atoms with Crippen LogP contribution in [0.1, 0.15) is 63.0 Å². The molecule has 0 bridgehead atoms. The van der Waals surface area contributed by atoms with Gasteiger partial charge in [-0.05, 0) is 56.0 Å². The first kappa shape index (κ1) is 19.4. The lowest BCUT2D eigenvalue weighted by molar-refractivity contribution is -0.140. The lowest BCUT2D eigenvalue weighted by atomic mass is 9.69. The summed E-state index contributed by atoms with van der Waals surface area (Å²) in [5.74, 6) is 1.32. The van der Waals surface area contributed by atoms with Gasteiger partial charge in [-0.2, -0.15) is 0 Å². The summed E-state index contributed by atoms with van der Waals surface area (Å²) in [6, 6.07) is 11.1. The number of carbonyl (C=O) groups excluding carboxylic acids is 1. The number of esters is 1. The molecule has 1 aromatic carbocycles. The number of ether oxygens (including phenoxy) is 1. The van der Waals surface area contributed by atoms with E-state index in [0.717, 1.165) is 19.4 Å². The third-order valence-electron chi connectivity index (χ3n) is 6.50. The van der Waals surface area contributed by atoms with Crippen molar-refractivity contribution in [1.29, 1.82) is 0 Å². The zero-order chi connectivity index (χ0) is 18.4. The van der Waals surface area contributed by atoms with Crippen molar-refractivity contribution in [3.8, 4) is 0 Å². The molecule has 1 heterocycles. The predicted molar refractivity (Wildman–Crippen MR) is 103 cm³/mol. The lowest BCUT2D eigenvalue weighted by Gasteiger charge is -2.50. The van der Waals surface area contributed by atoms with Gasteiger partial charge in [-0.25, -0.2) is 0 Å². The van der Waals surface area contributed by atoms with Gasteiger partial charge in [-0.15, -0.1) is 0 Å². The summed E-state index contributed by atoms with van der Waals surface area (Å²) in [5.41, 5.74) is 1.23. The Labute approximate surface area is 157 Å². The maximum absolute atomic E-state index is 11.4. The third-order valence-corrected chi connectivity index (χ3v) is 6.50. The summed E-state index contributed by atoms with van der Waals surface area (Å²) >= 11 is 0. The molecule has 4 heteroatoms. The Hall–Kier alpha value is -1.39. The van der Waals surface area contributed by atoms with Gasteiger partial charge in [0, 0.05) is 12.5 Å². The highest BCUT2D eigenvalue weighted by Gasteiger charge is 2.41. The van der Waals surface area contributed by atoms with Crippen LogP contribution >= 0.6 is 0 Å². The SMILES string of the molecule is COC(=O)CCC[C@@H]1CCC[C@@H]2[C@H]1CCCN2[C@@H](CO)c1ccccc1. The highest BCUT2D eigenvalue weighted by atomic mass is 16.5. The molecule has 1 aromatic rings. The number of benzene rings is 1. The highest BCUT2D eigenvalue weighted by Crippen LogP contribution is 2.44. The number of hydrogen-bond donors (Lipinski definition) is 1. The van der Waals surface area contributed by atoms with Crippen LogP contribution in [0.2, 0.25) is 0 Å². The van der Waals surface area contributed by atoms with E-state index >= 15 is 0 Å². The van der Waals surface area contributed by atoms with Crippen molar-refractivity contribution in [2.45, 2.75) is 63.5 Å². The van der Waals surface area contributed by atoms with Crippen molar-refractivity contribution in [1.82, 2.24) is 4.90 Å². The zero-order valence-electron chi connectivity index (χ0n) is 16.0. The molecule has 1 saturated carbocycles. The molecule has 4 nitrogen and oxygen atoms in total. The van der Waals surface area contributed by atoms with Crippen molar-refractivity contribution in [3.05, 3.63) is 35.9 Å². The normalized spacial score (nSPS) is 27.5. The van der Waals surface area contributed by atoms with Gasteiger partial charge in [0.2, 0.25) is 0 Å². The number of aliphatic hydroxyl groups is 1. The van der Waals surface area contributed by atoms with Gasteiger partial charge in [0.05, 0.1) is 19.8 Å². The number of fused-ring (bicyclic) bond motifs is 1. The molecular weight excluding hydrogens is 326 g/mol. The summed E-state index contributed by atoms with van der Waals surface area (Å²) < 4.78 is 4.78. The molecule has 26 heavy (non-hydrogen) atoms. The van der Waals surface area contributed by atoms with Gasteiger partial charge in [0.1, 0.15) is 0 Å². The van der Waals surface area contributed by atoms with Crippen LogP contribution in [0.4, 0.5) is 0 Å². The van der Waals surface area contributed by atoms with Crippen LogP contribution in [-0.2, 0) is 9.53 Å². The van der Waals surface area contributed by atoms with E-state index in [4.69, 9.17) is 4.74 Å². The fourth-order valence-corrected chi connectivity index (χ4v) is 5.28. The Kier molecular flexibility index (Phi) is 7.09. The molecule has 0 spiro atoms. The molecule has 0 unspecified atom stereocenters. The molecule has 0 aromatic heterocycles. The Balaban J connectivity index is 1.67. The monoisotopic (exact) mass is 359 g/mol. The van der Waals surface area contributed by atoms with Crippen LogP contribution in [-0.4, -0.2) is 42.3 Å². The molecule has 1 aliphatic heterocycles. The van der Waals surface area contributed by atoms with Gasteiger partial charge < -0.3 is 9.84 Å². The number of piperidine rings is 1. The number of rotatable bonds is 7. The van der Waals surface area contributed by atoms with E-state index in [9.17, 15) is 9.90 Å². The van der Waals surface area contributed by atoms with E-state index < -0.39 is 0 Å². The number of methoxy groups -OCH3 is 1. The van der Waals surface area contributed by atoms with Gasteiger partial charge in [0.15, 0.2) is 0 Å². The maximum atomic E-state index is 11.4. The quantitative estimate of drug-likeness (QED) is 0.749. The molecular formula is C22H33NO3. The average Bonchev–Trinajstić information content (AvgIpc) is 2.69. The van der Waals surface area contributed by atoms with Gasteiger partial charge >= 0.3 is 5.97 Å². The van der Waals surface area contributed by atoms with Crippen molar-refractivity contribution in [2.75, 3.05) is 20.3 Å². The third kappa shape index (κ3) is 4.47. The van der Waals surface area contributed by atoms with Crippen LogP contribution in [0, 0.1) is 11.8 Å². The molecule has 0 amide bonds. The summed E-state index contributed by atoms with van der Waals surface area (Å²) in [4.78, 5) is 14.0. The first-order valence-electron chi connectivity index (χ1n) is 10.2. The van der Waals surface area contributed by atoms with Crippen LogP contribution < -0.4 is 0 Å². The molecule has 3 rings (SSSR count). The van der Waals surface area contributed by atoms with Gasteiger partial charge in [-0.3, -0.25) is 9.69 Å². The minimum absolute atomic E-state index is 0.0907. The second-order valence-electron chi connectivity index (χ2n) is 7.88. The second-order valence-corrected chi connectivity index (χ2v) is 7.88. The van der Waals surface area contributed by atoms with E-state index in [1.807, 2.05) is 6.07 Å². The van der Waals surface area contributed by atoms with Gasteiger partial charge in [0.25, 0.3) is 0 Å². The fourth-order valence-electron chi connectivity index (χ4n) is 5.28. The zero-order valence-corrected chi connectivity index (χ0v) is 16.0. The number of aliphatic hydroxyl groups excluding tert-OH is 1. The Morgan fingerprint density at radius 2 is 2.04 bits per heavy atom. The van der Waals surface area contributed by atoms with E-state index in [-0.39, 0.29) is 18.6 Å². The van der Waals surface area contributed by atoms with Crippen molar-refractivity contribution < 1.29 is 14.6 Å². The largest absolute Gasteiger partial charge is 0.469 e. The van der Waals surface area contributed by atoms with Crippen LogP contribution in [0.15, 0.2) is 30.3 Å². The number of carbonyl (C=O) groups is 1. The van der Waals surface area contributed by atoms with Crippen LogP contribution in [0.5, 0.6) is 0 Å². The summed E-state index contributed by atoms with van der Waals surface area (Å²) in [6.07, 6.45) is 8.87. The average molecular weight is 360 g/mol. The first-order chi connectivity index (χ1) is 12.7. The van der Waals surface area contributed by atoms with Crippen molar-refractivity contribution in [3.63, 3.8) is 0 Å². The molecule has 0 radical (unpaired) electrons. The van der Waals surface area contributed by atoms with E-state index in [2.05, 4.69) is 29.2 Å². The maximum Gasteiger partial charge on any atom is 0.305 e. The predicted octanol–water partition coefficient (Wildman–Crippen LogP) is 3.94. The van der Waals surface area contributed by atoms with Crippen molar-refractivity contribution >= 4 is 5.97 Å². The van der Waals surface area contributed by atoms with Crippen molar-refractivity contribution in [2.24, 2.45) is 11.8 Å². The Morgan fingerprint density at radius 3 is 2.77 bits per heavy atom. The standard InChI is InChI=1S/C22H33NO3/c1-26-22(25)14-6-11-17-10-5-13-20-19(17)12-7-15-23(20)21(16-24)18-8-3-2-4-9-18/h2-4,8-9,17,19-21,24H,5-7,10-16H2,1H3/t17-,19-,20+,21-/m0/s1. The highest BCUT2D eigenvalue weighted by molar-refractivity contribution is 5.68. The number of hydrogen-bond acceptors (Lipinski definition) is 4. The lowest BCUT2D eigenvalue weighted by Crippen LogP contribution is -2.51. The summed E-state index contributed by atoms with van der Waals surface area (Å²) in [5, 5.41) is 10.1. The van der Waals surface area contributed by atoms with Crippen LogP contribution in [0.3, 0.4) is 0 Å². The Morgan fingerprint density at radius 1 is 1.23 bits per heavy atom. The smallest absolute Gasteiger partial charge is 0.305 e. The molecule has 1 aliphatic carbocycles. The molecule has 2 aliphatic rings. The van der Waals surface area contributed by atoms with E-state index in [1.54, 1.807) is 0 Å². The molecule has 2 fully saturated rings. The molecule has 4 atom stereocenters. The summed E-state index contributed by atoms with van der Waals surface area (Å²) in [7, 11) is 1.47. The number of nitrogens with zero attached hydrogens (tertiary/aromatic N) is 1. The minimum Gasteiger partial charge on any atom is -0.469 e. The van der Waals surface area contributed by atoms with Crippen LogP contribution in [0.25, 0.3) is 0 Å². The second kappa shape index (κ2) is 9.52. The topological polar surface area (TPSA) is 49.8 Å². The van der Waals surface area contributed by atoms with E-state index in [0.29, 0.717) is 24.3 Å². The number of likely N-dealkylation sites (tertiary alicyclic amines) is 1. The Bertz CT molecular complexity index is 562. The first-order valence-corrected chi connectivity index (χ1v) is 10.2. The molecule has 1 saturated heterocycles. The summed E-state index contributed by atoms with van der Waals surface area (Å²) in [6.45, 7) is 1.26. The van der Waals surface area contributed by atoms with Gasteiger partial charge in [-0.1, -0.05) is 43.2 Å². The van der Waals surface area contributed by atoms with E-state index in [1.165, 1.54) is 44.8 Å². The molecule has 144 valence electrons.